The highest BCUT2D eigenvalue weighted by molar-refractivity contribution is 8.01. The number of carboxylic acids is 2. The van der Waals surface area contributed by atoms with Crippen LogP contribution in [-0.4, -0.2) is 88.7 Å². The number of ether oxygens (including phenoxy) is 1. The first-order valence-electron chi connectivity index (χ1n) is 10.7. The van der Waals surface area contributed by atoms with E-state index in [0.717, 1.165) is 4.90 Å². The molecule has 1 fully saturated rings. The molecule has 1 saturated heterocycles. The maximum Gasteiger partial charge on any atom is 0.352 e. The molecule has 14 nitrogen and oxygen atoms in total. The number of H-pyrrole nitrogens is 1. The van der Waals surface area contributed by atoms with Gasteiger partial charge < -0.3 is 31.1 Å². The van der Waals surface area contributed by atoms with Crippen molar-refractivity contribution in [3.05, 3.63) is 46.9 Å². The Morgan fingerprint density at radius 2 is 2.03 bits per heavy atom. The van der Waals surface area contributed by atoms with Gasteiger partial charge in [-0.3, -0.25) is 19.6 Å². The number of fused-ring (bicyclic) bond motifs is 1. The number of benzene rings is 1. The van der Waals surface area contributed by atoms with Crippen molar-refractivity contribution in [1.29, 1.82) is 0 Å². The third-order valence-electron chi connectivity index (χ3n) is 5.43. The number of β-lactam (4-membered cyclic amide) rings is 1. The maximum atomic E-state index is 12.9. The molecule has 2 aliphatic rings. The number of rotatable bonds is 11. The van der Waals surface area contributed by atoms with E-state index in [0.29, 0.717) is 22.0 Å². The van der Waals surface area contributed by atoms with Crippen LogP contribution in [0.1, 0.15) is 17.4 Å². The largest absolute Gasteiger partial charge is 0.508 e. The Hall–Kier alpha value is -3.60. The molecule has 2 aliphatic heterocycles. The zero-order valence-corrected chi connectivity index (χ0v) is 20.6. The van der Waals surface area contributed by atoms with Crippen molar-refractivity contribution >= 4 is 47.3 Å². The summed E-state index contributed by atoms with van der Waals surface area (Å²) in [7, 11) is 0. The lowest BCUT2D eigenvalue weighted by molar-refractivity contribution is -0.150. The number of carboxylic acid groups (broad SMARTS) is 2. The van der Waals surface area contributed by atoms with E-state index in [1.54, 1.807) is 0 Å². The van der Waals surface area contributed by atoms with Crippen LogP contribution in [0.2, 0.25) is 0 Å². The van der Waals surface area contributed by atoms with Crippen molar-refractivity contribution in [3.8, 4) is 5.75 Å². The smallest absolute Gasteiger partial charge is 0.352 e. The number of nitrogens with zero attached hydrogens (tertiary/aromatic N) is 3. The molecule has 3 atom stereocenters. The van der Waals surface area contributed by atoms with Crippen LogP contribution >= 0.6 is 23.5 Å². The third kappa shape index (κ3) is 5.87. The van der Waals surface area contributed by atoms with Gasteiger partial charge in [-0.05, 0) is 23.3 Å². The SMILES string of the molecule is NC(C(=O)NC1C(=O)N2C(C(=O)O)=C(CSc3nc(COCC(=O)O)n[nH]3)CS[C@H]12)c1ccc(O)cc1. The van der Waals surface area contributed by atoms with Crippen LogP contribution in [0.15, 0.2) is 40.7 Å². The average molecular weight is 551 g/mol. The number of amides is 2. The van der Waals surface area contributed by atoms with Crippen LogP contribution in [0.4, 0.5) is 0 Å². The number of aromatic amines is 1. The average Bonchev–Trinajstić information content (AvgIpc) is 3.32. The van der Waals surface area contributed by atoms with Crippen molar-refractivity contribution in [2.24, 2.45) is 5.73 Å². The van der Waals surface area contributed by atoms with Crippen molar-refractivity contribution in [1.82, 2.24) is 25.4 Å². The number of nitrogens with two attached hydrogens (primary N) is 1. The zero-order chi connectivity index (χ0) is 26.7. The second-order valence-electron chi connectivity index (χ2n) is 7.95. The Morgan fingerprint density at radius 3 is 2.70 bits per heavy atom. The molecule has 196 valence electrons. The minimum absolute atomic E-state index is 0.0234. The lowest BCUT2D eigenvalue weighted by Gasteiger charge is -2.49. The Bertz CT molecular complexity index is 1250. The van der Waals surface area contributed by atoms with Gasteiger partial charge in [-0.2, -0.15) is 5.10 Å². The number of carbonyl (C=O) groups is 4. The molecule has 0 spiro atoms. The van der Waals surface area contributed by atoms with Gasteiger partial charge in [0.2, 0.25) is 5.91 Å². The fourth-order valence-electron chi connectivity index (χ4n) is 3.66. The molecule has 3 heterocycles. The number of phenols is 1. The van der Waals surface area contributed by atoms with Gasteiger partial charge in [-0.25, -0.2) is 14.6 Å². The van der Waals surface area contributed by atoms with Crippen molar-refractivity contribution in [2.75, 3.05) is 18.1 Å². The normalized spacial score (nSPS) is 19.7. The highest BCUT2D eigenvalue weighted by Gasteiger charge is 2.54. The van der Waals surface area contributed by atoms with E-state index in [1.807, 2.05) is 0 Å². The zero-order valence-electron chi connectivity index (χ0n) is 19.0. The molecule has 7 N–H and O–H groups in total. The first-order chi connectivity index (χ1) is 17.7. The second kappa shape index (κ2) is 11.2. The van der Waals surface area contributed by atoms with E-state index < -0.39 is 47.8 Å². The van der Waals surface area contributed by atoms with Gasteiger partial charge in [0.15, 0.2) is 11.0 Å². The highest BCUT2D eigenvalue weighted by Crippen LogP contribution is 2.41. The topological polar surface area (TPSA) is 221 Å². The summed E-state index contributed by atoms with van der Waals surface area (Å²) in [5.74, 6) is -2.75. The first-order valence-corrected chi connectivity index (χ1v) is 12.8. The molecule has 2 amide bonds. The van der Waals surface area contributed by atoms with Crippen LogP contribution in [0.5, 0.6) is 5.75 Å². The number of hydrogen-bond acceptors (Lipinski definition) is 11. The quantitative estimate of drug-likeness (QED) is 0.156. The van der Waals surface area contributed by atoms with Gasteiger partial charge in [-0.15, -0.1) is 11.8 Å². The van der Waals surface area contributed by atoms with Crippen LogP contribution in [0.25, 0.3) is 0 Å². The number of aliphatic carboxylic acids is 2. The molecule has 1 aromatic carbocycles. The van der Waals surface area contributed by atoms with E-state index in [1.165, 1.54) is 47.8 Å². The Balaban J connectivity index is 1.38. The summed E-state index contributed by atoms with van der Waals surface area (Å²) in [5, 5.41) is 36.8. The summed E-state index contributed by atoms with van der Waals surface area (Å²) in [5.41, 5.74) is 6.79. The molecule has 0 aliphatic carbocycles. The third-order valence-corrected chi connectivity index (χ3v) is 7.72. The van der Waals surface area contributed by atoms with E-state index in [2.05, 4.69) is 20.5 Å². The van der Waals surface area contributed by atoms with E-state index in [-0.39, 0.29) is 29.6 Å². The number of phenolic OH excluding ortho intramolecular Hbond substituents is 1. The lowest BCUT2D eigenvalue weighted by atomic mass is 10.0. The summed E-state index contributed by atoms with van der Waals surface area (Å²) in [4.78, 5) is 53.4. The number of hydrogen-bond donors (Lipinski definition) is 6. The standard InChI is InChI=1S/C21H22N6O8S2/c22-14(9-1-3-11(28)4-2-9)17(31)24-15-18(32)27-16(20(33)34)10(7-36-19(15)27)8-37-21-23-12(25-26-21)5-35-6-13(29)30/h1-4,14-15,19,28H,5-8,22H2,(H,24,31)(H,29,30)(H,33,34)(H,23,25,26)/t14?,15?,19-/m1/s1. The summed E-state index contributed by atoms with van der Waals surface area (Å²) >= 11 is 2.49. The predicted molar refractivity (Wildman–Crippen MR) is 129 cm³/mol. The fraction of sp³-hybridized carbons (Fsp3) is 0.333. The van der Waals surface area contributed by atoms with Gasteiger partial charge >= 0.3 is 11.9 Å². The summed E-state index contributed by atoms with van der Waals surface area (Å²) < 4.78 is 4.93. The number of thioether (sulfide) groups is 2. The molecule has 0 saturated carbocycles. The number of aromatic hydroxyl groups is 1. The van der Waals surface area contributed by atoms with E-state index >= 15 is 0 Å². The van der Waals surface area contributed by atoms with Crippen LogP contribution in [0.3, 0.4) is 0 Å². The van der Waals surface area contributed by atoms with Gasteiger partial charge in [0.05, 0.1) is 0 Å². The highest BCUT2D eigenvalue weighted by atomic mass is 32.2. The summed E-state index contributed by atoms with van der Waals surface area (Å²) in [6.45, 7) is -0.589. The minimum atomic E-state index is -1.26. The molecule has 4 rings (SSSR count). The maximum absolute atomic E-state index is 12.9. The monoisotopic (exact) mass is 550 g/mol. The molecule has 0 bridgehead atoms. The fourth-order valence-corrected chi connectivity index (χ4v) is 5.97. The van der Waals surface area contributed by atoms with Crippen LogP contribution in [-0.2, 0) is 30.5 Å². The molecule has 2 unspecified atom stereocenters. The molecule has 0 radical (unpaired) electrons. The van der Waals surface area contributed by atoms with Gasteiger partial charge in [0.1, 0.15) is 42.1 Å². The van der Waals surface area contributed by atoms with E-state index in [9.17, 15) is 29.4 Å². The molecular weight excluding hydrogens is 528 g/mol. The molecule has 37 heavy (non-hydrogen) atoms. The number of nitrogens with one attached hydrogen (secondary N) is 2. The van der Waals surface area contributed by atoms with E-state index in [4.69, 9.17) is 15.6 Å². The van der Waals surface area contributed by atoms with Gasteiger partial charge in [0, 0.05) is 11.5 Å². The lowest BCUT2D eigenvalue weighted by Crippen LogP contribution is -2.71. The molecule has 2 aromatic rings. The summed E-state index contributed by atoms with van der Waals surface area (Å²) in [6, 6.07) is 3.79. The number of carbonyl (C=O) groups excluding carboxylic acids is 2. The molecular formula is C21H22N6O8S2. The van der Waals surface area contributed by atoms with Crippen LogP contribution in [0, 0.1) is 0 Å². The molecule has 16 heteroatoms. The van der Waals surface area contributed by atoms with Gasteiger partial charge in [-0.1, -0.05) is 23.9 Å². The molecule has 1 aromatic heterocycles. The van der Waals surface area contributed by atoms with Crippen molar-refractivity contribution in [3.63, 3.8) is 0 Å². The van der Waals surface area contributed by atoms with Crippen LogP contribution < -0.4 is 11.1 Å². The van der Waals surface area contributed by atoms with Crippen molar-refractivity contribution < 1.29 is 39.2 Å². The number of aromatic nitrogens is 3. The predicted octanol–water partition coefficient (Wildman–Crippen LogP) is -0.358. The minimum Gasteiger partial charge on any atom is -0.508 e. The van der Waals surface area contributed by atoms with Gasteiger partial charge in [0.25, 0.3) is 5.91 Å². The Morgan fingerprint density at radius 1 is 1.30 bits per heavy atom. The first kappa shape index (κ1) is 26.5. The second-order valence-corrected chi connectivity index (χ2v) is 10.0. The van der Waals surface area contributed by atoms with Crippen molar-refractivity contribution in [2.45, 2.75) is 29.2 Å². The summed E-state index contributed by atoms with van der Waals surface area (Å²) in [6.07, 6.45) is 0. The Labute approximate surface area is 217 Å². The Kier molecular flexibility index (Phi) is 8.01.